The predicted octanol–water partition coefficient (Wildman–Crippen LogP) is 4.84. The van der Waals surface area contributed by atoms with Crippen LogP contribution in [0.3, 0.4) is 0 Å². The first-order valence-electron chi connectivity index (χ1n) is 8.21. The molecule has 0 N–H and O–H groups in total. The number of allylic oxidation sites excluding steroid dienone is 6. The van der Waals surface area contributed by atoms with Crippen molar-refractivity contribution in [2.45, 2.75) is 55.4 Å². The van der Waals surface area contributed by atoms with Gasteiger partial charge in [-0.05, 0) is 41.5 Å². The van der Waals surface area contributed by atoms with Crippen LogP contribution in [0.5, 0.6) is 0 Å². The molecule has 0 saturated heterocycles. The SMILES string of the molecule is C.CC1=C(C)OCCCO1.CC1=C(C)OCCO1.CC1=C(C)OCO1. The Balaban J connectivity index is 0.000000341. The third kappa shape index (κ3) is 9.17. The maximum atomic E-state index is 5.27. The lowest BCUT2D eigenvalue weighted by atomic mass is 10.4. The van der Waals surface area contributed by atoms with E-state index in [0.29, 0.717) is 20.0 Å². The van der Waals surface area contributed by atoms with Gasteiger partial charge in [0.25, 0.3) is 0 Å². The van der Waals surface area contributed by atoms with E-state index >= 15 is 0 Å². The standard InChI is InChI=1S/C7H12O2.C6H10O2.C5H8O2.CH4/c1-6-7(2)9-5-3-4-8-6;1-5-6(2)8-4-3-7-5;1-4-5(2)7-3-6-4;/h3-5H2,1-2H3;3-4H2,1-2H3;3H2,1-2H3;1H4. The van der Waals surface area contributed by atoms with Gasteiger partial charge >= 0.3 is 0 Å². The Hall–Kier alpha value is -1.98. The summed E-state index contributed by atoms with van der Waals surface area (Å²) in [6.45, 7) is 14.9. The van der Waals surface area contributed by atoms with Gasteiger partial charge in [-0.1, -0.05) is 7.43 Å². The summed E-state index contributed by atoms with van der Waals surface area (Å²) >= 11 is 0. The van der Waals surface area contributed by atoms with E-state index in [1.54, 1.807) is 0 Å². The summed E-state index contributed by atoms with van der Waals surface area (Å²) in [5.74, 6) is 5.48. The molecule has 0 aromatic rings. The van der Waals surface area contributed by atoms with Crippen LogP contribution in [-0.4, -0.2) is 33.2 Å². The molecule has 0 unspecified atom stereocenters. The number of ether oxygens (including phenoxy) is 6. The van der Waals surface area contributed by atoms with Crippen LogP contribution in [0.4, 0.5) is 0 Å². The smallest absolute Gasteiger partial charge is 0.230 e. The van der Waals surface area contributed by atoms with Crippen molar-refractivity contribution in [3.63, 3.8) is 0 Å². The first-order valence-corrected chi connectivity index (χ1v) is 8.21. The van der Waals surface area contributed by atoms with Crippen molar-refractivity contribution in [1.82, 2.24) is 0 Å². The van der Waals surface area contributed by atoms with E-state index in [9.17, 15) is 0 Å². The molecule has 146 valence electrons. The van der Waals surface area contributed by atoms with Crippen molar-refractivity contribution in [3.05, 3.63) is 34.6 Å². The topological polar surface area (TPSA) is 55.4 Å². The van der Waals surface area contributed by atoms with E-state index in [1.165, 1.54) is 0 Å². The molecule has 3 aliphatic rings. The van der Waals surface area contributed by atoms with Crippen molar-refractivity contribution < 1.29 is 28.4 Å². The van der Waals surface area contributed by atoms with Crippen LogP contribution in [0.25, 0.3) is 0 Å². The fourth-order valence-corrected chi connectivity index (χ4v) is 1.71. The fraction of sp³-hybridized carbons (Fsp3) is 0.684. The van der Waals surface area contributed by atoms with Gasteiger partial charge in [-0.3, -0.25) is 0 Å². The second-order valence-electron chi connectivity index (χ2n) is 5.49. The van der Waals surface area contributed by atoms with Gasteiger partial charge in [0, 0.05) is 6.42 Å². The number of rotatable bonds is 0. The van der Waals surface area contributed by atoms with Crippen LogP contribution < -0.4 is 0 Å². The van der Waals surface area contributed by atoms with Gasteiger partial charge in [0.15, 0.2) is 0 Å². The minimum Gasteiger partial charge on any atom is -0.495 e. The minimum absolute atomic E-state index is 0. The molecule has 0 spiro atoms. The van der Waals surface area contributed by atoms with E-state index in [0.717, 1.165) is 54.2 Å². The molecule has 25 heavy (non-hydrogen) atoms. The zero-order valence-corrected chi connectivity index (χ0v) is 15.7. The van der Waals surface area contributed by atoms with Gasteiger partial charge < -0.3 is 28.4 Å². The maximum Gasteiger partial charge on any atom is 0.230 e. The zero-order valence-electron chi connectivity index (χ0n) is 15.7. The molecule has 3 rings (SSSR count). The van der Waals surface area contributed by atoms with Crippen molar-refractivity contribution in [3.8, 4) is 0 Å². The largest absolute Gasteiger partial charge is 0.495 e. The van der Waals surface area contributed by atoms with Crippen molar-refractivity contribution in [2.75, 3.05) is 33.2 Å². The molecule has 0 aliphatic carbocycles. The molecule has 0 fully saturated rings. The highest BCUT2D eigenvalue weighted by Crippen LogP contribution is 2.13. The van der Waals surface area contributed by atoms with E-state index in [4.69, 9.17) is 28.4 Å². The fourth-order valence-electron chi connectivity index (χ4n) is 1.71. The molecule has 0 radical (unpaired) electrons. The third-order valence-electron chi connectivity index (χ3n) is 3.68. The van der Waals surface area contributed by atoms with Gasteiger partial charge in [0.05, 0.1) is 13.2 Å². The average molecular weight is 358 g/mol. The Kier molecular flexibility index (Phi) is 11.4. The highest BCUT2D eigenvalue weighted by atomic mass is 16.7. The molecule has 0 atom stereocenters. The minimum atomic E-state index is 0. The molecule has 0 bridgehead atoms. The molecule has 0 amide bonds. The Morgan fingerprint density at radius 3 is 1.00 bits per heavy atom. The molecular weight excluding hydrogens is 324 g/mol. The summed E-state index contributed by atoms with van der Waals surface area (Å²) in [5, 5.41) is 0. The Bertz CT molecular complexity index is 450. The van der Waals surface area contributed by atoms with Gasteiger partial charge in [0.2, 0.25) is 6.79 Å². The maximum absolute atomic E-state index is 5.27. The lowest BCUT2D eigenvalue weighted by Crippen LogP contribution is -2.10. The van der Waals surface area contributed by atoms with E-state index in [1.807, 2.05) is 41.5 Å². The molecule has 3 heterocycles. The average Bonchev–Trinajstić information content (AvgIpc) is 2.83. The van der Waals surface area contributed by atoms with E-state index in [-0.39, 0.29) is 7.43 Å². The lowest BCUT2D eigenvalue weighted by Gasteiger charge is -2.16. The zero-order chi connectivity index (χ0) is 17.9. The number of hydrogen-bond donors (Lipinski definition) is 0. The lowest BCUT2D eigenvalue weighted by molar-refractivity contribution is 0.0648. The second kappa shape index (κ2) is 12.4. The molecular formula is C19H34O6. The first-order chi connectivity index (χ1) is 11.4. The summed E-state index contributed by atoms with van der Waals surface area (Å²) < 4.78 is 30.7. The summed E-state index contributed by atoms with van der Waals surface area (Å²) in [6.07, 6.45) is 0.995. The monoisotopic (exact) mass is 358 g/mol. The van der Waals surface area contributed by atoms with Crippen LogP contribution in [0.2, 0.25) is 0 Å². The Labute approximate surface area is 152 Å². The van der Waals surface area contributed by atoms with Gasteiger partial charge in [-0.25, -0.2) is 0 Å². The summed E-state index contributed by atoms with van der Waals surface area (Å²) in [7, 11) is 0. The predicted molar refractivity (Wildman–Crippen MR) is 97.3 cm³/mol. The molecule has 0 saturated carbocycles. The van der Waals surface area contributed by atoms with Gasteiger partial charge in [0.1, 0.15) is 47.8 Å². The van der Waals surface area contributed by atoms with Gasteiger partial charge in [-0.15, -0.1) is 0 Å². The third-order valence-corrected chi connectivity index (χ3v) is 3.68. The molecule has 3 aliphatic heterocycles. The van der Waals surface area contributed by atoms with Crippen LogP contribution in [0, 0.1) is 0 Å². The molecule has 6 nitrogen and oxygen atoms in total. The van der Waals surface area contributed by atoms with Crippen LogP contribution in [-0.2, 0) is 28.4 Å². The first kappa shape index (κ1) is 23.0. The van der Waals surface area contributed by atoms with Crippen LogP contribution >= 0.6 is 0 Å². The summed E-state index contributed by atoms with van der Waals surface area (Å²) in [5.41, 5.74) is 0. The van der Waals surface area contributed by atoms with Crippen molar-refractivity contribution in [2.24, 2.45) is 0 Å². The Morgan fingerprint density at radius 1 is 0.440 bits per heavy atom. The highest BCUT2D eigenvalue weighted by Gasteiger charge is 2.05. The van der Waals surface area contributed by atoms with Crippen molar-refractivity contribution in [1.29, 1.82) is 0 Å². The number of hydrogen-bond acceptors (Lipinski definition) is 6. The van der Waals surface area contributed by atoms with Crippen LogP contribution in [0.1, 0.15) is 55.4 Å². The second-order valence-corrected chi connectivity index (χ2v) is 5.49. The van der Waals surface area contributed by atoms with Crippen molar-refractivity contribution >= 4 is 0 Å². The normalized spacial score (nSPS) is 19.0. The van der Waals surface area contributed by atoms with E-state index in [2.05, 4.69) is 0 Å². The van der Waals surface area contributed by atoms with E-state index < -0.39 is 0 Å². The Morgan fingerprint density at radius 2 is 0.720 bits per heavy atom. The molecule has 6 heteroatoms. The highest BCUT2D eigenvalue weighted by molar-refractivity contribution is 4.97. The van der Waals surface area contributed by atoms with Crippen LogP contribution in [0.15, 0.2) is 34.6 Å². The summed E-state index contributed by atoms with van der Waals surface area (Å²) in [6, 6.07) is 0. The quantitative estimate of drug-likeness (QED) is 0.618. The van der Waals surface area contributed by atoms with Gasteiger partial charge in [-0.2, -0.15) is 0 Å². The summed E-state index contributed by atoms with van der Waals surface area (Å²) in [4.78, 5) is 0. The molecule has 0 aromatic carbocycles. The molecule has 0 aromatic heterocycles.